The van der Waals surface area contributed by atoms with Crippen LogP contribution in [-0.2, 0) is 0 Å². The summed E-state index contributed by atoms with van der Waals surface area (Å²) in [7, 11) is 0. The van der Waals surface area contributed by atoms with E-state index in [0.717, 1.165) is 10.4 Å². The Labute approximate surface area is 127 Å². The molecule has 4 heteroatoms. The number of hydrogen-bond donors (Lipinski definition) is 1. The van der Waals surface area contributed by atoms with Crippen molar-refractivity contribution in [2.75, 3.05) is 5.73 Å². The zero-order valence-electron chi connectivity index (χ0n) is 11.9. The van der Waals surface area contributed by atoms with Crippen LogP contribution < -0.4 is 5.73 Å². The average molecular weight is 298 g/mol. The third-order valence-electron chi connectivity index (χ3n) is 2.95. The highest BCUT2D eigenvalue weighted by atomic mass is 32.1. The van der Waals surface area contributed by atoms with Crippen LogP contribution in [0.15, 0.2) is 36.5 Å². The van der Waals surface area contributed by atoms with E-state index in [1.807, 2.05) is 18.3 Å². The number of halogens is 1. The predicted octanol–water partition coefficient (Wildman–Crippen LogP) is 4.30. The summed E-state index contributed by atoms with van der Waals surface area (Å²) in [5.41, 5.74) is 8.64. The maximum atomic E-state index is 12.5. The van der Waals surface area contributed by atoms with Crippen molar-refractivity contribution in [3.8, 4) is 12.3 Å². The average Bonchev–Trinajstić information content (AvgIpc) is 2.89. The first-order valence-electron chi connectivity index (χ1n) is 6.34. The summed E-state index contributed by atoms with van der Waals surface area (Å²) in [5.74, 6) is 2.38. The lowest BCUT2D eigenvalue weighted by Gasteiger charge is -1.94. The highest BCUT2D eigenvalue weighted by Gasteiger charge is 2.01. The number of hydrogen-bond acceptors (Lipinski definition) is 3. The molecule has 106 valence electrons. The fourth-order valence-electron chi connectivity index (χ4n) is 1.75. The molecule has 2 aromatic heterocycles. The summed E-state index contributed by atoms with van der Waals surface area (Å²) in [4.78, 5) is 5.18. The summed E-state index contributed by atoms with van der Waals surface area (Å²) in [5, 5.41) is 0. The van der Waals surface area contributed by atoms with Gasteiger partial charge in [0.1, 0.15) is 5.82 Å². The van der Waals surface area contributed by atoms with E-state index < -0.39 is 0 Å². The highest BCUT2D eigenvalue weighted by molar-refractivity contribution is 7.19. The topological polar surface area (TPSA) is 38.9 Å². The quantitative estimate of drug-likeness (QED) is 0.496. The van der Waals surface area contributed by atoms with Gasteiger partial charge in [0.25, 0.3) is 0 Å². The normalized spacial score (nSPS) is 9.81. The van der Waals surface area contributed by atoms with Crippen molar-refractivity contribution < 1.29 is 4.39 Å². The Hall–Kier alpha value is -2.38. The largest absolute Gasteiger partial charge is 0.399 e. The van der Waals surface area contributed by atoms with Gasteiger partial charge < -0.3 is 5.73 Å². The molecular weight excluding hydrogens is 283 g/mol. The Morgan fingerprint density at radius 2 is 1.95 bits per heavy atom. The van der Waals surface area contributed by atoms with Crippen LogP contribution in [0.1, 0.15) is 16.0 Å². The van der Waals surface area contributed by atoms with E-state index in [4.69, 9.17) is 12.2 Å². The third kappa shape index (κ3) is 3.59. The van der Waals surface area contributed by atoms with Gasteiger partial charge >= 0.3 is 0 Å². The standard InChI is InChI=1S/C10H7NS.C7H8FN/c1-3-8-6-9-10(12-8)7(2)4-5-11-9;1-5-2-3-6(9)4-7(5)8/h1,4-6H,2H3;2-4H,9H2,1H3. The lowest BCUT2D eigenvalue weighted by Crippen LogP contribution is -1.87. The second-order valence-corrected chi connectivity index (χ2v) is 5.66. The van der Waals surface area contributed by atoms with Crippen LogP contribution in [0.2, 0.25) is 0 Å². The van der Waals surface area contributed by atoms with Crippen molar-refractivity contribution in [2.24, 2.45) is 0 Å². The van der Waals surface area contributed by atoms with Crippen LogP contribution in [0.4, 0.5) is 10.1 Å². The maximum absolute atomic E-state index is 12.5. The Morgan fingerprint density at radius 3 is 2.52 bits per heavy atom. The lowest BCUT2D eigenvalue weighted by atomic mass is 10.2. The Balaban J connectivity index is 0.000000161. The number of nitrogens with zero attached hydrogens (tertiary/aromatic N) is 1. The van der Waals surface area contributed by atoms with E-state index in [-0.39, 0.29) is 5.82 Å². The highest BCUT2D eigenvalue weighted by Crippen LogP contribution is 2.25. The molecule has 0 radical (unpaired) electrons. The first-order valence-corrected chi connectivity index (χ1v) is 7.16. The summed E-state index contributed by atoms with van der Waals surface area (Å²) < 4.78 is 13.7. The molecule has 2 N–H and O–H groups in total. The van der Waals surface area contributed by atoms with Crippen molar-refractivity contribution in [3.63, 3.8) is 0 Å². The van der Waals surface area contributed by atoms with Crippen molar-refractivity contribution in [2.45, 2.75) is 13.8 Å². The molecule has 21 heavy (non-hydrogen) atoms. The number of nitrogen functional groups attached to an aromatic ring is 1. The first-order chi connectivity index (χ1) is 10.0. The Bertz CT molecular complexity index is 815. The molecule has 0 bridgehead atoms. The van der Waals surface area contributed by atoms with Crippen LogP contribution in [0.25, 0.3) is 10.2 Å². The molecule has 0 spiro atoms. The van der Waals surface area contributed by atoms with Gasteiger partial charge in [-0.25, -0.2) is 4.39 Å². The molecule has 0 fully saturated rings. The Morgan fingerprint density at radius 1 is 1.19 bits per heavy atom. The van der Waals surface area contributed by atoms with E-state index in [1.54, 1.807) is 30.4 Å². The maximum Gasteiger partial charge on any atom is 0.128 e. The molecule has 3 rings (SSSR count). The number of anilines is 1. The minimum Gasteiger partial charge on any atom is -0.399 e. The van der Waals surface area contributed by atoms with Gasteiger partial charge in [0, 0.05) is 11.9 Å². The number of aromatic nitrogens is 1. The van der Waals surface area contributed by atoms with Crippen LogP contribution >= 0.6 is 11.3 Å². The van der Waals surface area contributed by atoms with Crippen LogP contribution in [0.5, 0.6) is 0 Å². The third-order valence-corrected chi connectivity index (χ3v) is 4.14. The van der Waals surface area contributed by atoms with E-state index >= 15 is 0 Å². The molecule has 0 unspecified atom stereocenters. The van der Waals surface area contributed by atoms with E-state index in [9.17, 15) is 4.39 Å². The minimum atomic E-state index is -0.241. The Kier molecular flexibility index (Phi) is 4.56. The van der Waals surface area contributed by atoms with Gasteiger partial charge in [-0.1, -0.05) is 12.0 Å². The number of thiophene rings is 1. The molecule has 0 saturated carbocycles. The molecule has 1 aromatic carbocycles. The zero-order chi connectivity index (χ0) is 15.4. The molecule has 3 aromatic rings. The van der Waals surface area contributed by atoms with Gasteiger partial charge in [-0.15, -0.1) is 17.8 Å². The van der Waals surface area contributed by atoms with Gasteiger partial charge in [-0.2, -0.15) is 0 Å². The van der Waals surface area contributed by atoms with Crippen molar-refractivity contribution in [1.29, 1.82) is 0 Å². The molecule has 2 heterocycles. The molecule has 0 aliphatic carbocycles. The fraction of sp³-hybridized carbons (Fsp3) is 0.118. The van der Waals surface area contributed by atoms with Crippen molar-refractivity contribution in [3.05, 3.63) is 58.3 Å². The summed E-state index contributed by atoms with van der Waals surface area (Å²) in [6.07, 6.45) is 7.11. The lowest BCUT2D eigenvalue weighted by molar-refractivity contribution is 0.619. The number of pyridine rings is 1. The summed E-state index contributed by atoms with van der Waals surface area (Å²) in [6.45, 7) is 3.77. The predicted molar refractivity (Wildman–Crippen MR) is 87.8 cm³/mol. The number of terminal acetylenes is 1. The van der Waals surface area contributed by atoms with Gasteiger partial charge in [0.05, 0.1) is 15.1 Å². The first kappa shape index (κ1) is 15.0. The van der Waals surface area contributed by atoms with E-state index in [2.05, 4.69) is 17.8 Å². The van der Waals surface area contributed by atoms with Gasteiger partial charge in [0.2, 0.25) is 0 Å². The minimum absolute atomic E-state index is 0.241. The second kappa shape index (κ2) is 6.38. The number of nitrogens with two attached hydrogens (primary N) is 1. The molecule has 0 atom stereocenters. The fourth-order valence-corrected chi connectivity index (χ4v) is 2.64. The van der Waals surface area contributed by atoms with Gasteiger partial charge in [0.15, 0.2) is 0 Å². The number of fused-ring (bicyclic) bond motifs is 1. The van der Waals surface area contributed by atoms with Gasteiger partial charge in [-0.3, -0.25) is 4.98 Å². The molecule has 0 aliphatic heterocycles. The number of benzene rings is 1. The molecule has 0 saturated heterocycles. The monoisotopic (exact) mass is 298 g/mol. The molecule has 2 nitrogen and oxygen atoms in total. The van der Waals surface area contributed by atoms with Crippen LogP contribution in [-0.4, -0.2) is 4.98 Å². The molecular formula is C17H15FN2S. The smallest absolute Gasteiger partial charge is 0.128 e. The SMILES string of the molecule is C#Cc1cc2nccc(C)c2s1.Cc1ccc(N)cc1F. The zero-order valence-corrected chi connectivity index (χ0v) is 12.7. The van der Waals surface area contributed by atoms with Crippen LogP contribution in [0.3, 0.4) is 0 Å². The van der Waals surface area contributed by atoms with Crippen molar-refractivity contribution in [1.82, 2.24) is 4.98 Å². The van der Waals surface area contributed by atoms with Crippen LogP contribution in [0, 0.1) is 32.0 Å². The van der Waals surface area contributed by atoms with E-state index in [0.29, 0.717) is 11.3 Å². The molecule has 0 aliphatic rings. The van der Waals surface area contributed by atoms with Gasteiger partial charge in [-0.05, 0) is 49.2 Å². The van der Waals surface area contributed by atoms with Crippen molar-refractivity contribution >= 4 is 27.2 Å². The van der Waals surface area contributed by atoms with E-state index in [1.165, 1.54) is 16.3 Å². The summed E-state index contributed by atoms with van der Waals surface area (Å²) >= 11 is 1.63. The number of aryl methyl sites for hydroxylation is 2. The summed E-state index contributed by atoms with van der Waals surface area (Å²) in [6, 6.07) is 8.60. The molecule has 0 amide bonds. The number of rotatable bonds is 0. The second-order valence-electron chi connectivity index (χ2n) is 4.61.